The number of benzene rings is 1. The summed E-state index contributed by atoms with van der Waals surface area (Å²) in [5.74, 6) is 0.966. The van der Waals surface area contributed by atoms with Crippen molar-refractivity contribution in [3.8, 4) is 0 Å². The molecule has 2 aromatic rings. The Labute approximate surface area is 131 Å². The average molecular weight is 299 g/mol. The van der Waals surface area contributed by atoms with Crippen molar-refractivity contribution in [1.82, 2.24) is 4.98 Å². The van der Waals surface area contributed by atoms with E-state index in [1.165, 1.54) is 19.3 Å². The number of rotatable bonds is 3. The highest BCUT2D eigenvalue weighted by atomic mass is 32.1. The van der Waals surface area contributed by atoms with Gasteiger partial charge in [0, 0.05) is 18.0 Å². The molecule has 4 heteroatoms. The van der Waals surface area contributed by atoms with E-state index in [4.69, 9.17) is 22.9 Å². The summed E-state index contributed by atoms with van der Waals surface area (Å²) in [6.07, 6.45) is 4.86. The maximum atomic E-state index is 5.96. The lowest BCUT2D eigenvalue weighted by molar-refractivity contribution is 0.447. The van der Waals surface area contributed by atoms with Crippen molar-refractivity contribution in [3.63, 3.8) is 0 Å². The highest BCUT2D eigenvalue weighted by molar-refractivity contribution is 7.80. The summed E-state index contributed by atoms with van der Waals surface area (Å²) in [6, 6.07) is 10.8. The highest BCUT2D eigenvalue weighted by Gasteiger charge is 2.25. The van der Waals surface area contributed by atoms with Crippen LogP contribution in [0.2, 0.25) is 0 Å². The maximum absolute atomic E-state index is 5.96. The van der Waals surface area contributed by atoms with Crippen molar-refractivity contribution in [2.24, 2.45) is 5.73 Å². The van der Waals surface area contributed by atoms with Crippen molar-refractivity contribution in [1.29, 1.82) is 0 Å². The van der Waals surface area contributed by atoms with Crippen LogP contribution in [0.25, 0.3) is 10.9 Å². The number of pyridine rings is 1. The van der Waals surface area contributed by atoms with Gasteiger partial charge in [0.2, 0.25) is 0 Å². The van der Waals surface area contributed by atoms with Gasteiger partial charge in [-0.2, -0.15) is 0 Å². The molecule has 2 heterocycles. The van der Waals surface area contributed by atoms with E-state index in [9.17, 15) is 0 Å². The van der Waals surface area contributed by atoms with E-state index in [-0.39, 0.29) is 0 Å². The van der Waals surface area contributed by atoms with E-state index >= 15 is 0 Å². The first kappa shape index (κ1) is 14.3. The van der Waals surface area contributed by atoms with Gasteiger partial charge in [0.25, 0.3) is 0 Å². The number of piperidine rings is 1. The molecular weight excluding hydrogens is 278 g/mol. The van der Waals surface area contributed by atoms with E-state index in [2.05, 4.69) is 24.0 Å². The third kappa shape index (κ3) is 2.72. The van der Waals surface area contributed by atoms with Gasteiger partial charge in [-0.05, 0) is 37.8 Å². The van der Waals surface area contributed by atoms with Gasteiger partial charge in [-0.25, -0.2) is 4.98 Å². The third-order valence-electron chi connectivity index (χ3n) is 4.34. The number of hydrogen-bond donors (Lipinski definition) is 1. The van der Waals surface area contributed by atoms with Gasteiger partial charge in [-0.3, -0.25) is 0 Å². The summed E-state index contributed by atoms with van der Waals surface area (Å²) in [5.41, 5.74) is 7.88. The Kier molecular flexibility index (Phi) is 4.06. The second-order valence-corrected chi connectivity index (χ2v) is 6.11. The molecule has 0 radical (unpaired) electrons. The normalized spacial score (nSPS) is 18.9. The fraction of sp³-hybridized carbons (Fsp3) is 0.412. The first-order valence-corrected chi connectivity index (χ1v) is 8.07. The van der Waals surface area contributed by atoms with Crippen molar-refractivity contribution < 1.29 is 0 Å². The maximum Gasteiger partial charge on any atom is 0.139 e. The molecule has 2 N–H and O–H groups in total. The molecule has 0 saturated carbocycles. The number of nitrogens with zero attached hydrogens (tertiary/aromatic N) is 2. The van der Waals surface area contributed by atoms with Crippen molar-refractivity contribution in [3.05, 3.63) is 35.9 Å². The van der Waals surface area contributed by atoms with Crippen molar-refractivity contribution >= 4 is 33.9 Å². The molecule has 0 spiro atoms. The van der Waals surface area contributed by atoms with Crippen LogP contribution >= 0.6 is 12.2 Å². The van der Waals surface area contributed by atoms with Crippen LogP contribution in [0.5, 0.6) is 0 Å². The van der Waals surface area contributed by atoms with Gasteiger partial charge in [0.1, 0.15) is 10.8 Å². The van der Waals surface area contributed by atoms with Crippen LogP contribution in [-0.2, 0) is 0 Å². The second kappa shape index (κ2) is 5.98. The van der Waals surface area contributed by atoms with Crippen LogP contribution in [0.15, 0.2) is 30.3 Å². The number of para-hydroxylation sites is 1. The number of nitrogens with two attached hydrogens (primary N) is 1. The molecular formula is C17H21N3S. The summed E-state index contributed by atoms with van der Waals surface area (Å²) in [6.45, 7) is 3.28. The number of hydrogen-bond acceptors (Lipinski definition) is 3. The van der Waals surface area contributed by atoms with Gasteiger partial charge in [0.05, 0.1) is 11.1 Å². The molecule has 1 aromatic carbocycles. The molecule has 1 aromatic heterocycles. The topological polar surface area (TPSA) is 42.2 Å². The Morgan fingerprint density at radius 2 is 2.19 bits per heavy atom. The predicted octanol–water partition coefficient (Wildman–Crippen LogP) is 3.64. The van der Waals surface area contributed by atoms with Crippen LogP contribution in [0.4, 0.5) is 5.82 Å². The summed E-state index contributed by atoms with van der Waals surface area (Å²) in [4.78, 5) is 7.72. The summed E-state index contributed by atoms with van der Waals surface area (Å²) in [5, 5.41) is 1.09. The Morgan fingerprint density at radius 3 is 2.95 bits per heavy atom. The molecule has 3 nitrogen and oxygen atoms in total. The summed E-state index contributed by atoms with van der Waals surface area (Å²) < 4.78 is 0. The molecule has 1 unspecified atom stereocenters. The molecule has 0 bridgehead atoms. The fourth-order valence-electron chi connectivity index (χ4n) is 3.21. The Balaban J connectivity index is 2.14. The van der Waals surface area contributed by atoms with E-state index in [0.717, 1.165) is 35.2 Å². The quantitative estimate of drug-likeness (QED) is 0.879. The molecule has 1 atom stereocenters. The minimum atomic E-state index is 0.434. The largest absolute Gasteiger partial charge is 0.389 e. The second-order valence-electron chi connectivity index (χ2n) is 5.67. The molecule has 1 fully saturated rings. The molecule has 1 aliphatic heterocycles. The SMILES string of the molecule is CCC1CCCCN1c1nc2ccccc2cc1C(N)=S. The van der Waals surface area contributed by atoms with Gasteiger partial charge in [0.15, 0.2) is 0 Å². The van der Waals surface area contributed by atoms with Gasteiger partial charge in [-0.1, -0.05) is 37.3 Å². The van der Waals surface area contributed by atoms with Crippen LogP contribution < -0.4 is 10.6 Å². The third-order valence-corrected chi connectivity index (χ3v) is 4.56. The molecule has 1 saturated heterocycles. The molecule has 0 amide bonds. The zero-order valence-electron chi connectivity index (χ0n) is 12.4. The monoisotopic (exact) mass is 299 g/mol. The predicted molar refractivity (Wildman–Crippen MR) is 92.9 cm³/mol. The fourth-order valence-corrected chi connectivity index (χ4v) is 3.36. The van der Waals surface area contributed by atoms with Gasteiger partial charge < -0.3 is 10.6 Å². The number of fused-ring (bicyclic) bond motifs is 1. The Hall–Kier alpha value is -1.68. The first-order chi connectivity index (χ1) is 10.2. The molecule has 0 aliphatic carbocycles. The summed E-state index contributed by atoms with van der Waals surface area (Å²) in [7, 11) is 0. The summed E-state index contributed by atoms with van der Waals surface area (Å²) >= 11 is 5.27. The van der Waals surface area contributed by atoms with Crippen molar-refractivity contribution in [2.75, 3.05) is 11.4 Å². The minimum Gasteiger partial charge on any atom is -0.389 e. The van der Waals surface area contributed by atoms with Gasteiger partial charge >= 0.3 is 0 Å². The number of anilines is 1. The van der Waals surface area contributed by atoms with Crippen LogP contribution in [0.3, 0.4) is 0 Å². The van der Waals surface area contributed by atoms with E-state index in [1.54, 1.807) is 0 Å². The van der Waals surface area contributed by atoms with Crippen molar-refractivity contribution in [2.45, 2.75) is 38.6 Å². The lowest BCUT2D eigenvalue weighted by Crippen LogP contribution is -2.40. The zero-order valence-corrected chi connectivity index (χ0v) is 13.2. The Morgan fingerprint density at radius 1 is 1.38 bits per heavy atom. The lowest BCUT2D eigenvalue weighted by atomic mass is 9.99. The standard InChI is InChI=1S/C17H21N3S/c1-2-13-8-5-6-10-20(13)17-14(16(18)21)11-12-7-3-4-9-15(12)19-17/h3-4,7,9,11,13H,2,5-6,8,10H2,1H3,(H2,18,21). The van der Waals surface area contributed by atoms with E-state index in [0.29, 0.717) is 11.0 Å². The lowest BCUT2D eigenvalue weighted by Gasteiger charge is -2.37. The van der Waals surface area contributed by atoms with E-state index < -0.39 is 0 Å². The number of thiocarbonyl (C=S) groups is 1. The first-order valence-electron chi connectivity index (χ1n) is 7.67. The minimum absolute atomic E-state index is 0.434. The molecule has 1 aliphatic rings. The van der Waals surface area contributed by atoms with Gasteiger partial charge in [-0.15, -0.1) is 0 Å². The average Bonchev–Trinajstić information content (AvgIpc) is 2.53. The van der Waals surface area contributed by atoms with Crippen LogP contribution in [0, 0.1) is 0 Å². The van der Waals surface area contributed by atoms with Crippen LogP contribution in [0.1, 0.15) is 38.2 Å². The zero-order chi connectivity index (χ0) is 14.8. The smallest absolute Gasteiger partial charge is 0.139 e. The van der Waals surface area contributed by atoms with E-state index in [1.807, 2.05) is 18.2 Å². The molecule has 3 rings (SSSR count). The molecule has 21 heavy (non-hydrogen) atoms. The number of aromatic nitrogens is 1. The highest BCUT2D eigenvalue weighted by Crippen LogP contribution is 2.30. The van der Waals surface area contributed by atoms with Crippen LogP contribution in [-0.4, -0.2) is 22.6 Å². The molecule has 110 valence electrons. The Bertz CT molecular complexity index is 668.